The largest absolute Gasteiger partial charge is 0.735 e. The fraction of sp³-hybridized carbons (Fsp3) is 0.929. The summed E-state index contributed by atoms with van der Waals surface area (Å²) in [7, 11) is -4.62. The summed E-state index contributed by atoms with van der Waals surface area (Å²) in [5, 5.41) is 12.5. The van der Waals surface area contributed by atoms with Gasteiger partial charge < -0.3 is 30.5 Å². The Labute approximate surface area is 148 Å². The molecule has 0 aromatic heterocycles. The van der Waals surface area contributed by atoms with E-state index < -0.39 is 29.0 Å². The number of aliphatic hydroxyl groups is 1. The van der Waals surface area contributed by atoms with Gasteiger partial charge in [0.15, 0.2) is 10.3 Å². The Morgan fingerprint density at radius 3 is 2.72 bits per heavy atom. The van der Waals surface area contributed by atoms with Gasteiger partial charge in [0, 0.05) is 25.0 Å². The van der Waals surface area contributed by atoms with Crippen molar-refractivity contribution in [2.75, 3.05) is 39.3 Å². The minimum absolute atomic E-state index is 0.0735. The maximum Gasteiger partial charge on any atom is 0.318 e. The van der Waals surface area contributed by atoms with Crippen molar-refractivity contribution in [3.05, 3.63) is 0 Å². The fourth-order valence-corrected chi connectivity index (χ4v) is 4.45. The topological polar surface area (TPSA) is 154 Å². The van der Waals surface area contributed by atoms with Crippen LogP contribution in [0.2, 0.25) is 0 Å². The first kappa shape index (κ1) is 20.3. The maximum absolute atomic E-state index is 12.5. The van der Waals surface area contributed by atoms with Gasteiger partial charge in [0.05, 0.1) is 25.7 Å². The van der Waals surface area contributed by atoms with Crippen molar-refractivity contribution in [2.24, 2.45) is 0 Å². The molecule has 2 rings (SSSR count). The van der Waals surface area contributed by atoms with Gasteiger partial charge in [-0.3, -0.25) is 0 Å². The third-order valence-electron chi connectivity index (χ3n) is 5.08. The smallest absolute Gasteiger partial charge is 0.318 e. The van der Waals surface area contributed by atoms with Gasteiger partial charge in [0.25, 0.3) is 0 Å². The number of urea groups is 1. The quantitative estimate of drug-likeness (QED) is 0.296. The van der Waals surface area contributed by atoms with Gasteiger partial charge in [0.2, 0.25) is 0 Å². The molecule has 0 bridgehead atoms. The number of quaternary nitrogens is 2. The van der Waals surface area contributed by atoms with Crippen molar-refractivity contribution in [3.63, 3.8) is 0 Å². The highest BCUT2D eigenvalue weighted by molar-refractivity contribution is 7.83. The van der Waals surface area contributed by atoms with Gasteiger partial charge >= 0.3 is 6.03 Å². The summed E-state index contributed by atoms with van der Waals surface area (Å²) < 4.78 is 34.6. The molecule has 0 saturated carbocycles. The minimum atomic E-state index is -4.62. The molecule has 11 heteroatoms. The number of nitrogens with one attached hydrogen (secondary N) is 3. The molecule has 2 saturated heterocycles. The second-order valence-electron chi connectivity index (χ2n) is 6.84. The summed E-state index contributed by atoms with van der Waals surface area (Å²) in [6, 6.07) is -1.70. The number of hydrogen-bond acceptors (Lipinski definition) is 5. The molecule has 2 heterocycles. The second kappa shape index (κ2) is 9.10. The molecule has 7 N–H and O–H groups in total. The van der Waals surface area contributed by atoms with Crippen LogP contribution in [0, 0.1) is 0 Å². The molecule has 10 nitrogen and oxygen atoms in total. The van der Waals surface area contributed by atoms with Crippen LogP contribution in [0.15, 0.2) is 0 Å². The van der Waals surface area contributed by atoms with E-state index in [0.717, 1.165) is 45.4 Å². The van der Waals surface area contributed by atoms with Crippen molar-refractivity contribution < 1.29 is 33.5 Å². The van der Waals surface area contributed by atoms with Crippen LogP contribution in [0.5, 0.6) is 0 Å². The van der Waals surface area contributed by atoms with Gasteiger partial charge in [-0.1, -0.05) is 0 Å². The lowest BCUT2D eigenvalue weighted by molar-refractivity contribution is -0.904. The standard InChI is InChI=1S/C14H29N5O5S/c15-5-9-18-6-1-2-11(3-7-18)16-14(21)19-8-4-12(13(19)10-20)17-25(22,23)24/h11-13,17,20H,1-10,15H2,(H,16,21)(H,22,23,24)/p+1/t11-,12+,13+/m0/s1. The van der Waals surface area contributed by atoms with Gasteiger partial charge in [-0.25, -0.2) is 17.9 Å². The molecule has 1 unspecified atom stereocenters. The van der Waals surface area contributed by atoms with Crippen molar-refractivity contribution in [3.8, 4) is 0 Å². The lowest BCUT2D eigenvalue weighted by atomic mass is 10.1. The van der Waals surface area contributed by atoms with E-state index in [2.05, 4.69) is 11.1 Å². The molecule has 2 aliphatic heterocycles. The normalized spacial score (nSPS) is 30.9. The van der Waals surface area contributed by atoms with E-state index in [-0.39, 0.29) is 12.1 Å². The Hall–Kier alpha value is -0.980. The van der Waals surface area contributed by atoms with Crippen LogP contribution in [-0.4, -0.2) is 86.5 Å². The third-order valence-corrected chi connectivity index (χ3v) is 5.67. The number of carbonyl (C=O) groups excluding carboxylic acids is 1. The number of amides is 2. The van der Waals surface area contributed by atoms with Crippen LogP contribution < -0.4 is 20.7 Å². The number of hydrogen-bond donors (Lipinski definition) is 5. The maximum atomic E-state index is 12.5. The van der Waals surface area contributed by atoms with E-state index in [9.17, 15) is 22.9 Å². The Morgan fingerprint density at radius 1 is 1.32 bits per heavy atom. The van der Waals surface area contributed by atoms with E-state index in [4.69, 9.17) is 0 Å². The van der Waals surface area contributed by atoms with E-state index in [1.807, 2.05) is 4.72 Å². The predicted octanol–water partition coefficient (Wildman–Crippen LogP) is -4.14. The zero-order valence-electron chi connectivity index (χ0n) is 14.4. The van der Waals surface area contributed by atoms with E-state index in [1.165, 1.54) is 9.80 Å². The van der Waals surface area contributed by atoms with Gasteiger partial charge in [-0.2, -0.15) is 0 Å². The second-order valence-corrected chi connectivity index (χ2v) is 7.99. The fourth-order valence-electron chi connectivity index (χ4n) is 3.80. The average molecular weight is 380 g/mol. The molecule has 2 amide bonds. The molecular weight excluding hydrogens is 350 g/mol. The summed E-state index contributed by atoms with van der Waals surface area (Å²) in [6.07, 6.45) is 3.13. The van der Waals surface area contributed by atoms with Crippen molar-refractivity contribution >= 4 is 16.3 Å². The van der Waals surface area contributed by atoms with Crippen LogP contribution in [0.25, 0.3) is 0 Å². The van der Waals surface area contributed by atoms with Crippen LogP contribution in [0.4, 0.5) is 4.79 Å². The zero-order chi connectivity index (χ0) is 18.4. The molecule has 0 aliphatic carbocycles. The summed E-state index contributed by atoms with van der Waals surface area (Å²) in [6.45, 7) is 3.91. The average Bonchev–Trinajstić information content (AvgIpc) is 2.79. The summed E-state index contributed by atoms with van der Waals surface area (Å²) in [5.41, 5.74) is 3.89. The molecular formula is C14H30N5O5S+. The van der Waals surface area contributed by atoms with Crippen LogP contribution in [0.1, 0.15) is 25.7 Å². The SMILES string of the molecule is [NH3+]CC[NH+]1CCC[C@H](NC(=O)N2CC[C@@H](NS(=O)(=O)[O-])[C@H]2CO)CC1. The van der Waals surface area contributed by atoms with Gasteiger partial charge in [-0.15, -0.1) is 0 Å². The number of rotatable bonds is 6. The monoisotopic (exact) mass is 380 g/mol. The third kappa shape index (κ3) is 6.04. The van der Waals surface area contributed by atoms with E-state index in [1.54, 1.807) is 0 Å². The van der Waals surface area contributed by atoms with Crippen molar-refractivity contribution in [2.45, 2.75) is 43.8 Å². The number of nitrogens with zero attached hydrogens (tertiary/aromatic N) is 1. The van der Waals surface area contributed by atoms with Crippen LogP contribution >= 0.6 is 0 Å². The molecule has 0 radical (unpaired) electrons. The number of aliphatic hydroxyl groups excluding tert-OH is 1. The molecule has 0 aromatic rings. The predicted molar refractivity (Wildman–Crippen MR) is 88.3 cm³/mol. The minimum Gasteiger partial charge on any atom is -0.735 e. The molecule has 0 spiro atoms. The van der Waals surface area contributed by atoms with Crippen molar-refractivity contribution in [1.29, 1.82) is 0 Å². The van der Waals surface area contributed by atoms with Crippen LogP contribution in [0.3, 0.4) is 0 Å². The highest BCUT2D eigenvalue weighted by Crippen LogP contribution is 2.19. The van der Waals surface area contributed by atoms with Gasteiger partial charge in [-0.05, 0) is 19.3 Å². The number of likely N-dealkylation sites (tertiary alicyclic amines) is 2. The lowest BCUT2D eigenvalue weighted by Crippen LogP contribution is -3.13. The molecule has 2 aliphatic rings. The first-order valence-electron chi connectivity index (χ1n) is 8.88. The van der Waals surface area contributed by atoms with E-state index >= 15 is 0 Å². The molecule has 146 valence electrons. The highest BCUT2D eigenvalue weighted by atomic mass is 32.2. The molecule has 4 atom stereocenters. The van der Waals surface area contributed by atoms with E-state index in [0.29, 0.717) is 13.0 Å². The Morgan fingerprint density at radius 2 is 2.08 bits per heavy atom. The Balaban J connectivity index is 1.89. The molecule has 0 aromatic carbocycles. The number of carbonyl (C=O) groups is 1. The lowest BCUT2D eigenvalue weighted by Gasteiger charge is -2.29. The Kier molecular flexibility index (Phi) is 7.40. The first-order valence-corrected chi connectivity index (χ1v) is 10.3. The molecule has 25 heavy (non-hydrogen) atoms. The summed E-state index contributed by atoms with van der Waals surface area (Å²) >= 11 is 0. The molecule has 2 fully saturated rings. The highest BCUT2D eigenvalue weighted by Gasteiger charge is 2.38. The van der Waals surface area contributed by atoms with Crippen molar-refractivity contribution in [1.82, 2.24) is 14.9 Å². The summed E-state index contributed by atoms with van der Waals surface area (Å²) in [4.78, 5) is 15.5. The van der Waals surface area contributed by atoms with Gasteiger partial charge in [0.1, 0.15) is 13.1 Å². The zero-order valence-corrected chi connectivity index (χ0v) is 15.3. The first-order chi connectivity index (χ1) is 11.8. The Bertz CT molecular complexity index is 546. The summed E-state index contributed by atoms with van der Waals surface area (Å²) in [5.74, 6) is 0. The van der Waals surface area contributed by atoms with Crippen LogP contribution in [-0.2, 0) is 10.3 Å².